The number of H-pyrrole nitrogens is 1. The molecule has 0 saturated heterocycles. The summed E-state index contributed by atoms with van der Waals surface area (Å²) in [5.74, 6) is -0.166. The SMILES string of the molecule is C=C(O)C(N)Cc1c[nH]c2ccc(N)c([N+](=O)[O-])c12. The topological polar surface area (TPSA) is 131 Å². The highest BCUT2D eigenvalue weighted by Gasteiger charge is 2.22. The number of anilines is 1. The van der Waals surface area contributed by atoms with Crippen molar-refractivity contribution in [2.24, 2.45) is 5.73 Å². The van der Waals surface area contributed by atoms with Crippen LogP contribution in [0.25, 0.3) is 10.9 Å². The summed E-state index contributed by atoms with van der Waals surface area (Å²) < 4.78 is 0. The van der Waals surface area contributed by atoms with Crippen molar-refractivity contribution < 1.29 is 10.0 Å². The van der Waals surface area contributed by atoms with Gasteiger partial charge >= 0.3 is 5.69 Å². The summed E-state index contributed by atoms with van der Waals surface area (Å²) in [6.07, 6.45) is 1.86. The fraction of sp³-hybridized carbons (Fsp3) is 0.167. The number of rotatable bonds is 4. The Kier molecular flexibility index (Phi) is 3.14. The highest BCUT2D eigenvalue weighted by molar-refractivity contribution is 5.97. The number of aromatic amines is 1. The molecule has 0 amide bonds. The molecule has 7 heteroatoms. The van der Waals surface area contributed by atoms with E-state index in [2.05, 4.69) is 11.6 Å². The zero-order chi connectivity index (χ0) is 14.2. The first-order valence-corrected chi connectivity index (χ1v) is 5.58. The van der Waals surface area contributed by atoms with Crippen molar-refractivity contribution in [2.45, 2.75) is 12.5 Å². The van der Waals surface area contributed by atoms with Crippen molar-refractivity contribution in [3.8, 4) is 0 Å². The summed E-state index contributed by atoms with van der Waals surface area (Å²) in [6, 6.07) is 2.46. The molecule has 0 spiro atoms. The lowest BCUT2D eigenvalue weighted by Crippen LogP contribution is -2.24. The third-order valence-electron chi connectivity index (χ3n) is 2.98. The molecule has 1 atom stereocenters. The van der Waals surface area contributed by atoms with Crippen LogP contribution in [0.1, 0.15) is 5.56 Å². The minimum atomic E-state index is -0.681. The van der Waals surface area contributed by atoms with Gasteiger partial charge in [-0.3, -0.25) is 10.1 Å². The first-order valence-electron chi connectivity index (χ1n) is 5.58. The number of nitrogens with one attached hydrogen (secondary N) is 1. The fourth-order valence-corrected chi connectivity index (χ4v) is 2.00. The average Bonchev–Trinajstić information content (AvgIpc) is 2.71. The van der Waals surface area contributed by atoms with E-state index < -0.39 is 11.0 Å². The van der Waals surface area contributed by atoms with Crippen LogP contribution in [-0.2, 0) is 6.42 Å². The van der Waals surface area contributed by atoms with Crippen LogP contribution in [0.4, 0.5) is 11.4 Å². The quantitative estimate of drug-likeness (QED) is 0.287. The summed E-state index contributed by atoms with van der Waals surface area (Å²) in [7, 11) is 0. The van der Waals surface area contributed by atoms with Gasteiger partial charge in [0.1, 0.15) is 11.4 Å². The minimum Gasteiger partial charge on any atom is -0.511 e. The average molecular weight is 262 g/mol. The van der Waals surface area contributed by atoms with Gasteiger partial charge in [-0.15, -0.1) is 0 Å². The summed E-state index contributed by atoms with van der Waals surface area (Å²) in [6.45, 7) is 3.35. The van der Waals surface area contributed by atoms with Crippen molar-refractivity contribution in [1.29, 1.82) is 0 Å². The number of fused-ring (bicyclic) bond motifs is 1. The second-order valence-electron chi connectivity index (χ2n) is 4.30. The van der Waals surface area contributed by atoms with Crippen LogP contribution in [0.2, 0.25) is 0 Å². The molecule has 2 rings (SSSR count). The van der Waals surface area contributed by atoms with Gasteiger partial charge in [-0.1, -0.05) is 6.58 Å². The maximum atomic E-state index is 11.1. The van der Waals surface area contributed by atoms with Gasteiger partial charge in [0, 0.05) is 6.20 Å². The molecule has 1 heterocycles. The molecule has 2 aromatic rings. The summed E-state index contributed by atoms with van der Waals surface area (Å²) in [4.78, 5) is 13.5. The molecule has 0 aliphatic rings. The van der Waals surface area contributed by atoms with Crippen LogP contribution in [0.5, 0.6) is 0 Å². The van der Waals surface area contributed by atoms with Gasteiger partial charge in [-0.05, 0) is 24.1 Å². The Balaban J connectivity index is 2.60. The summed E-state index contributed by atoms with van der Waals surface area (Å²) >= 11 is 0. The normalized spacial score (nSPS) is 12.5. The number of aliphatic hydroxyl groups is 1. The van der Waals surface area contributed by atoms with Crippen molar-refractivity contribution >= 4 is 22.3 Å². The molecule has 0 fully saturated rings. The molecule has 7 nitrogen and oxygen atoms in total. The molecule has 1 aromatic carbocycles. The maximum Gasteiger partial charge on any atom is 0.301 e. The number of hydrogen-bond acceptors (Lipinski definition) is 5. The van der Waals surface area contributed by atoms with E-state index in [0.29, 0.717) is 16.5 Å². The Bertz CT molecular complexity index is 662. The van der Waals surface area contributed by atoms with E-state index in [9.17, 15) is 15.2 Å². The van der Waals surface area contributed by atoms with Crippen molar-refractivity contribution in [3.63, 3.8) is 0 Å². The molecule has 6 N–H and O–H groups in total. The van der Waals surface area contributed by atoms with Crippen molar-refractivity contribution in [2.75, 3.05) is 5.73 Å². The number of nitro groups is 1. The first-order chi connectivity index (χ1) is 8.91. The molecule has 0 aliphatic heterocycles. The molecule has 0 bridgehead atoms. The van der Waals surface area contributed by atoms with Gasteiger partial charge in [0.2, 0.25) is 0 Å². The van der Waals surface area contributed by atoms with Gasteiger partial charge in [0.05, 0.1) is 21.9 Å². The van der Waals surface area contributed by atoms with Gasteiger partial charge in [0.25, 0.3) is 0 Å². The molecule has 0 radical (unpaired) electrons. The van der Waals surface area contributed by atoms with E-state index in [1.54, 1.807) is 12.3 Å². The minimum absolute atomic E-state index is 0.0924. The molecule has 0 aliphatic carbocycles. The van der Waals surface area contributed by atoms with E-state index in [0.717, 1.165) is 0 Å². The van der Waals surface area contributed by atoms with Crippen LogP contribution in [0.3, 0.4) is 0 Å². The summed E-state index contributed by atoms with van der Waals surface area (Å²) in [5.41, 5.74) is 12.5. The Hall–Kier alpha value is -2.54. The number of benzene rings is 1. The van der Waals surface area contributed by atoms with E-state index >= 15 is 0 Å². The predicted molar refractivity (Wildman–Crippen MR) is 72.8 cm³/mol. The van der Waals surface area contributed by atoms with Gasteiger partial charge in [-0.2, -0.15) is 0 Å². The lowest BCUT2D eigenvalue weighted by molar-refractivity contribution is -0.382. The van der Waals surface area contributed by atoms with Gasteiger partial charge < -0.3 is 21.6 Å². The van der Waals surface area contributed by atoms with Crippen LogP contribution in [-0.4, -0.2) is 21.1 Å². The van der Waals surface area contributed by atoms with E-state index in [1.807, 2.05) is 0 Å². The van der Waals surface area contributed by atoms with Crippen LogP contribution >= 0.6 is 0 Å². The van der Waals surface area contributed by atoms with E-state index in [4.69, 9.17) is 11.5 Å². The second kappa shape index (κ2) is 4.62. The van der Waals surface area contributed by atoms with Gasteiger partial charge in [0.15, 0.2) is 0 Å². The van der Waals surface area contributed by atoms with Crippen molar-refractivity contribution in [1.82, 2.24) is 4.98 Å². The number of aliphatic hydroxyl groups excluding tert-OH is 1. The number of hydrogen-bond donors (Lipinski definition) is 4. The third-order valence-corrected chi connectivity index (χ3v) is 2.98. The number of nitrogen functional groups attached to an aromatic ring is 1. The third kappa shape index (κ3) is 2.23. The monoisotopic (exact) mass is 262 g/mol. The molecule has 1 aromatic heterocycles. The lowest BCUT2D eigenvalue weighted by Gasteiger charge is -2.09. The lowest BCUT2D eigenvalue weighted by atomic mass is 10.0. The zero-order valence-corrected chi connectivity index (χ0v) is 10.1. The van der Waals surface area contributed by atoms with Gasteiger partial charge in [-0.25, -0.2) is 0 Å². The molecular weight excluding hydrogens is 248 g/mol. The number of aromatic nitrogens is 1. The number of nitrogens with two attached hydrogens (primary N) is 2. The fourth-order valence-electron chi connectivity index (χ4n) is 2.00. The van der Waals surface area contributed by atoms with Crippen LogP contribution < -0.4 is 11.5 Å². The Morgan fingerprint density at radius 3 is 2.84 bits per heavy atom. The van der Waals surface area contributed by atoms with Crippen LogP contribution in [0.15, 0.2) is 30.7 Å². The molecule has 100 valence electrons. The Labute approximate surface area is 108 Å². The Morgan fingerprint density at radius 2 is 2.26 bits per heavy atom. The second-order valence-corrected chi connectivity index (χ2v) is 4.30. The highest BCUT2D eigenvalue weighted by Crippen LogP contribution is 2.34. The summed E-state index contributed by atoms with van der Waals surface area (Å²) in [5, 5.41) is 20.8. The maximum absolute atomic E-state index is 11.1. The highest BCUT2D eigenvalue weighted by atomic mass is 16.6. The predicted octanol–water partition coefficient (Wildman–Crippen LogP) is 1.60. The number of nitro benzene ring substituents is 1. The van der Waals surface area contributed by atoms with E-state index in [1.165, 1.54) is 6.07 Å². The Morgan fingerprint density at radius 1 is 1.58 bits per heavy atom. The standard InChI is InChI=1S/C12H14N4O3/c1-6(17)9(14)4-7-5-15-10-3-2-8(13)12(11(7)10)16(18)19/h2-3,5,9,15,17H,1,4,13-14H2. The first kappa shape index (κ1) is 12.9. The molecular formula is C12H14N4O3. The van der Waals surface area contributed by atoms with E-state index in [-0.39, 0.29) is 23.6 Å². The number of nitrogens with zero attached hydrogens (tertiary/aromatic N) is 1. The van der Waals surface area contributed by atoms with Crippen LogP contribution in [0, 0.1) is 10.1 Å². The van der Waals surface area contributed by atoms with Crippen molar-refractivity contribution in [3.05, 3.63) is 46.3 Å². The zero-order valence-electron chi connectivity index (χ0n) is 10.1. The molecule has 1 unspecified atom stereocenters. The largest absolute Gasteiger partial charge is 0.511 e. The molecule has 19 heavy (non-hydrogen) atoms. The smallest absolute Gasteiger partial charge is 0.301 e. The molecule has 0 saturated carbocycles.